The van der Waals surface area contributed by atoms with Crippen molar-refractivity contribution >= 4 is 23.0 Å². The quantitative estimate of drug-likeness (QED) is 0.477. The number of anilines is 1. The number of ether oxygens (including phenoxy) is 1. The third kappa shape index (κ3) is 4.71. The van der Waals surface area contributed by atoms with Crippen LogP contribution >= 0.6 is 0 Å². The minimum absolute atomic E-state index is 0.194. The molecular weight excluding hydrogens is 382 g/mol. The molecule has 2 aromatic carbocycles. The smallest absolute Gasteiger partial charge is 0.277 e. The normalized spacial score (nSPS) is 10.4. The Morgan fingerprint density at radius 1 is 1.10 bits per heavy atom. The Morgan fingerprint density at radius 3 is 2.24 bits per heavy atom. The summed E-state index contributed by atoms with van der Waals surface area (Å²) in [6, 6.07) is 9.18. The molecule has 0 aliphatic carbocycles. The van der Waals surface area contributed by atoms with Crippen molar-refractivity contribution in [2.45, 2.75) is 6.61 Å². The standard InChI is InChI=1S/C18H15N5O6/c1-21-7-6-19-17(21)11-29-16-4-2-13(3-5-16)20-18(24)12-8-14(22(25)26)10-15(9-12)23(27)28/h2-10H,11H2,1H3,(H,20,24). The molecule has 11 heteroatoms. The number of carbonyl (C=O) groups is 1. The highest BCUT2D eigenvalue weighted by molar-refractivity contribution is 6.05. The largest absolute Gasteiger partial charge is 0.486 e. The molecular formula is C18H15N5O6. The number of nitrogens with zero attached hydrogens (tertiary/aromatic N) is 4. The number of imidazole rings is 1. The van der Waals surface area contributed by atoms with Gasteiger partial charge in [0.2, 0.25) is 0 Å². The Morgan fingerprint density at radius 2 is 1.72 bits per heavy atom. The fourth-order valence-corrected chi connectivity index (χ4v) is 2.46. The van der Waals surface area contributed by atoms with Crippen LogP contribution in [0.1, 0.15) is 16.2 Å². The van der Waals surface area contributed by atoms with E-state index in [0.29, 0.717) is 11.4 Å². The average Bonchev–Trinajstić information content (AvgIpc) is 3.11. The third-order valence-electron chi connectivity index (χ3n) is 3.99. The molecule has 0 unspecified atom stereocenters. The second-order valence-electron chi connectivity index (χ2n) is 5.97. The van der Waals surface area contributed by atoms with Crippen LogP contribution in [-0.4, -0.2) is 25.3 Å². The molecule has 3 rings (SSSR count). The summed E-state index contributed by atoms with van der Waals surface area (Å²) in [5.74, 6) is 0.588. The van der Waals surface area contributed by atoms with Gasteiger partial charge in [0, 0.05) is 37.3 Å². The van der Waals surface area contributed by atoms with Crippen LogP contribution < -0.4 is 10.1 Å². The number of carbonyl (C=O) groups excluding carboxylic acids is 1. The first-order valence-corrected chi connectivity index (χ1v) is 8.28. The molecule has 0 bridgehead atoms. The fraction of sp³-hybridized carbons (Fsp3) is 0.111. The van der Waals surface area contributed by atoms with Crippen LogP contribution in [0.25, 0.3) is 0 Å². The Hall–Kier alpha value is -4.28. The van der Waals surface area contributed by atoms with Crippen molar-refractivity contribution in [3.8, 4) is 5.75 Å². The molecule has 0 aliphatic heterocycles. The zero-order valence-corrected chi connectivity index (χ0v) is 15.1. The second-order valence-corrected chi connectivity index (χ2v) is 5.97. The predicted octanol–water partition coefficient (Wildman–Crippen LogP) is 3.07. The maximum Gasteiger partial charge on any atom is 0.277 e. The summed E-state index contributed by atoms with van der Waals surface area (Å²) in [7, 11) is 1.85. The molecule has 0 fully saturated rings. The van der Waals surface area contributed by atoms with Crippen LogP contribution in [-0.2, 0) is 13.7 Å². The maximum atomic E-state index is 12.4. The van der Waals surface area contributed by atoms with Gasteiger partial charge in [-0.15, -0.1) is 0 Å². The number of nitro groups is 2. The highest BCUT2D eigenvalue weighted by atomic mass is 16.6. The van der Waals surface area contributed by atoms with E-state index < -0.39 is 27.1 Å². The van der Waals surface area contributed by atoms with Gasteiger partial charge in [-0.3, -0.25) is 25.0 Å². The van der Waals surface area contributed by atoms with Gasteiger partial charge in [0.25, 0.3) is 17.3 Å². The number of nitro benzene ring substituents is 2. The molecule has 3 aromatic rings. The van der Waals surface area contributed by atoms with E-state index >= 15 is 0 Å². The van der Waals surface area contributed by atoms with Crippen molar-refractivity contribution in [3.63, 3.8) is 0 Å². The summed E-state index contributed by atoms with van der Waals surface area (Å²) in [4.78, 5) is 36.8. The van der Waals surface area contributed by atoms with Gasteiger partial charge in [-0.05, 0) is 24.3 Å². The molecule has 0 saturated heterocycles. The van der Waals surface area contributed by atoms with Gasteiger partial charge in [-0.25, -0.2) is 4.98 Å². The van der Waals surface area contributed by atoms with E-state index in [4.69, 9.17) is 4.74 Å². The van der Waals surface area contributed by atoms with Crippen molar-refractivity contribution < 1.29 is 19.4 Å². The monoisotopic (exact) mass is 397 g/mol. The lowest BCUT2D eigenvalue weighted by molar-refractivity contribution is -0.394. The van der Waals surface area contributed by atoms with Gasteiger partial charge in [-0.2, -0.15) is 0 Å². The van der Waals surface area contributed by atoms with E-state index in [0.717, 1.165) is 24.0 Å². The molecule has 11 nitrogen and oxygen atoms in total. The number of non-ortho nitro benzene ring substituents is 2. The van der Waals surface area contributed by atoms with E-state index in [1.165, 1.54) is 0 Å². The van der Waals surface area contributed by atoms with E-state index in [2.05, 4.69) is 10.3 Å². The van der Waals surface area contributed by atoms with Crippen molar-refractivity contribution in [1.82, 2.24) is 9.55 Å². The average molecular weight is 397 g/mol. The van der Waals surface area contributed by atoms with E-state index in [1.54, 1.807) is 36.7 Å². The maximum absolute atomic E-state index is 12.4. The summed E-state index contributed by atoms with van der Waals surface area (Å²) < 4.78 is 7.44. The van der Waals surface area contributed by atoms with E-state index in [1.807, 2.05) is 11.6 Å². The molecule has 1 heterocycles. The van der Waals surface area contributed by atoms with Crippen LogP contribution in [0.15, 0.2) is 54.9 Å². The Labute approximate surface area is 163 Å². The number of aryl methyl sites for hydroxylation is 1. The highest BCUT2D eigenvalue weighted by Gasteiger charge is 2.20. The zero-order chi connectivity index (χ0) is 21.0. The van der Waals surface area contributed by atoms with Gasteiger partial charge in [-0.1, -0.05) is 0 Å². The van der Waals surface area contributed by atoms with Gasteiger partial charge >= 0.3 is 0 Å². The van der Waals surface area contributed by atoms with Crippen LogP contribution in [0, 0.1) is 20.2 Å². The molecule has 1 aromatic heterocycles. The summed E-state index contributed by atoms with van der Waals surface area (Å²) in [5.41, 5.74) is -0.876. The topological polar surface area (TPSA) is 142 Å². The van der Waals surface area contributed by atoms with Crippen LogP contribution in [0.4, 0.5) is 17.1 Å². The number of aromatic nitrogens is 2. The number of hydrogen-bond acceptors (Lipinski definition) is 7. The molecule has 0 radical (unpaired) electrons. The number of nitrogens with one attached hydrogen (secondary N) is 1. The molecule has 0 saturated carbocycles. The fourth-order valence-electron chi connectivity index (χ4n) is 2.46. The van der Waals surface area contributed by atoms with Crippen LogP contribution in [0.2, 0.25) is 0 Å². The van der Waals surface area contributed by atoms with Crippen molar-refractivity contribution in [2.75, 3.05) is 5.32 Å². The van der Waals surface area contributed by atoms with Crippen molar-refractivity contribution in [1.29, 1.82) is 0 Å². The molecule has 148 valence electrons. The van der Waals surface area contributed by atoms with E-state index in [9.17, 15) is 25.0 Å². The van der Waals surface area contributed by atoms with Crippen LogP contribution in [0.5, 0.6) is 5.75 Å². The van der Waals surface area contributed by atoms with Crippen LogP contribution in [0.3, 0.4) is 0 Å². The summed E-state index contributed by atoms with van der Waals surface area (Å²) in [6.45, 7) is 0.270. The third-order valence-corrected chi connectivity index (χ3v) is 3.99. The SMILES string of the molecule is Cn1ccnc1COc1ccc(NC(=O)c2cc([N+](=O)[O-])cc([N+](=O)[O-])c2)cc1. The minimum Gasteiger partial charge on any atom is -0.486 e. The summed E-state index contributed by atoms with van der Waals surface area (Å²) in [6.07, 6.45) is 3.46. The van der Waals surface area contributed by atoms with E-state index in [-0.39, 0.29) is 12.2 Å². The molecule has 1 amide bonds. The lowest BCUT2D eigenvalue weighted by Gasteiger charge is -2.08. The first kappa shape index (κ1) is 19.5. The molecule has 1 N–H and O–H groups in total. The highest BCUT2D eigenvalue weighted by Crippen LogP contribution is 2.24. The second kappa shape index (κ2) is 8.17. The Kier molecular flexibility index (Phi) is 5.49. The van der Waals surface area contributed by atoms with Gasteiger partial charge in [0.15, 0.2) is 0 Å². The first-order chi connectivity index (χ1) is 13.8. The number of benzene rings is 2. The number of amides is 1. The molecule has 0 aliphatic rings. The first-order valence-electron chi connectivity index (χ1n) is 8.28. The minimum atomic E-state index is -0.794. The molecule has 0 spiro atoms. The van der Waals surface area contributed by atoms with Crippen molar-refractivity contribution in [2.24, 2.45) is 7.05 Å². The zero-order valence-electron chi connectivity index (χ0n) is 15.1. The number of hydrogen-bond donors (Lipinski definition) is 1. The predicted molar refractivity (Wildman–Crippen MR) is 102 cm³/mol. The Balaban J connectivity index is 1.70. The summed E-state index contributed by atoms with van der Waals surface area (Å²) >= 11 is 0. The van der Waals surface area contributed by atoms with Gasteiger partial charge in [0.05, 0.1) is 21.5 Å². The lowest BCUT2D eigenvalue weighted by atomic mass is 10.1. The molecule has 0 atom stereocenters. The summed E-state index contributed by atoms with van der Waals surface area (Å²) in [5, 5.41) is 24.4. The van der Waals surface area contributed by atoms with Crippen molar-refractivity contribution in [3.05, 3.63) is 86.5 Å². The van der Waals surface area contributed by atoms with Gasteiger partial charge < -0.3 is 14.6 Å². The number of rotatable bonds is 7. The van der Waals surface area contributed by atoms with Gasteiger partial charge in [0.1, 0.15) is 18.2 Å². The Bertz CT molecular complexity index is 1040. The molecule has 29 heavy (non-hydrogen) atoms. The lowest BCUT2D eigenvalue weighted by Crippen LogP contribution is -2.12.